The number of hydrogen-bond acceptors (Lipinski definition) is 4. The number of pyridine rings is 1. The SMILES string of the molecule is O=c1c2cnc3nc(-c4ccc(Cl)cc4)nn3c2ccn1C1CCCC1. The smallest absolute Gasteiger partial charge is 0.261 e. The Hall–Kier alpha value is -2.73. The van der Waals surface area contributed by atoms with Crippen LogP contribution in [0.3, 0.4) is 0 Å². The Morgan fingerprint density at radius 3 is 2.62 bits per heavy atom. The van der Waals surface area contributed by atoms with Crippen LogP contribution in [0.15, 0.2) is 47.5 Å². The first-order valence-corrected chi connectivity index (χ1v) is 9.11. The first-order valence-electron chi connectivity index (χ1n) is 8.73. The first kappa shape index (κ1) is 15.5. The van der Waals surface area contributed by atoms with Gasteiger partial charge in [-0.3, -0.25) is 4.79 Å². The van der Waals surface area contributed by atoms with E-state index in [0.717, 1.165) is 23.9 Å². The molecule has 0 aliphatic heterocycles. The highest BCUT2D eigenvalue weighted by Crippen LogP contribution is 2.28. The van der Waals surface area contributed by atoms with E-state index in [1.807, 2.05) is 29.0 Å². The summed E-state index contributed by atoms with van der Waals surface area (Å²) in [5.41, 5.74) is 1.57. The molecule has 0 amide bonds. The van der Waals surface area contributed by atoms with Gasteiger partial charge in [-0.05, 0) is 43.2 Å². The second kappa shape index (κ2) is 5.92. The lowest BCUT2D eigenvalue weighted by atomic mass is 10.2. The van der Waals surface area contributed by atoms with Gasteiger partial charge in [-0.2, -0.15) is 9.50 Å². The molecule has 0 bridgehead atoms. The van der Waals surface area contributed by atoms with Gasteiger partial charge in [0.05, 0.1) is 10.9 Å². The van der Waals surface area contributed by atoms with Crippen LogP contribution < -0.4 is 5.56 Å². The van der Waals surface area contributed by atoms with Crippen molar-refractivity contribution in [1.29, 1.82) is 0 Å². The largest absolute Gasteiger partial charge is 0.312 e. The summed E-state index contributed by atoms with van der Waals surface area (Å²) in [4.78, 5) is 21.8. The zero-order valence-electron chi connectivity index (χ0n) is 14.0. The van der Waals surface area contributed by atoms with Gasteiger partial charge >= 0.3 is 0 Å². The highest BCUT2D eigenvalue weighted by atomic mass is 35.5. The van der Waals surface area contributed by atoms with Gasteiger partial charge < -0.3 is 4.57 Å². The number of fused-ring (bicyclic) bond motifs is 3. The van der Waals surface area contributed by atoms with Crippen molar-refractivity contribution in [2.45, 2.75) is 31.7 Å². The molecule has 0 spiro atoms. The fourth-order valence-corrected chi connectivity index (χ4v) is 3.85. The van der Waals surface area contributed by atoms with Gasteiger partial charge in [-0.25, -0.2) is 4.98 Å². The lowest BCUT2D eigenvalue weighted by molar-refractivity contribution is 0.505. The van der Waals surface area contributed by atoms with E-state index in [1.54, 1.807) is 22.8 Å². The molecule has 1 aliphatic carbocycles. The van der Waals surface area contributed by atoms with Crippen molar-refractivity contribution in [3.8, 4) is 11.4 Å². The molecule has 0 unspecified atom stereocenters. The van der Waals surface area contributed by atoms with Crippen molar-refractivity contribution in [3.63, 3.8) is 0 Å². The fourth-order valence-electron chi connectivity index (χ4n) is 3.73. The molecule has 3 aromatic heterocycles. The highest BCUT2D eigenvalue weighted by molar-refractivity contribution is 6.30. The lowest BCUT2D eigenvalue weighted by Gasteiger charge is -2.13. The first-order chi connectivity index (χ1) is 12.7. The summed E-state index contributed by atoms with van der Waals surface area (Å²) >= 11 is 5.95. The summed E-state index contributed by atoms with van der Waals surface area (Å²) in [6.45, 7) is 0. The van der Waals surface area contributed by atoms with Crippen molar-refractivity contribution in [2.24, 2.45) is 0 Å². The maximum Gasteiger partial charge on any atom is 0.261 e. The Morgan fingerprint density at radius 2 is 1.85 bits per heavy atom. The predicted octanol–water partition coefficient (Wildman–Crippen LogP) is 3.87. The second-order valence-electron chi connectivity index (χ2n) is 6.68. The number of nitrogens with zero attached hydrogens (tertiary/aromatic N) is 5. The van der Waals surface area contributed by atoms with Gasteiger partial charge in [0.2, 0.25) is 0 Å². The zero-order chi connectivity index (χ0) is 17.7. The van der Waals surface area contributed by atoms with E-state index >= 15 is 0 Å². The normalized spacial score (nSPS) is 15.3. The topological polar surface area (TPSA) is 65.1 Å². The molecule has 0 atom stereocenters. The summed E-state index contributed by atoms with van der Waals surface area (Å²) in [6, 6.07) is 9.56. The summed E-state index contributed by atoms with van der Waals surface area (Å²) in [5.74, 6) is 1.03. The molecule has 0 N–H and O–H groups in total. The number of rotatable bonds is 2. The molecule has 130 valence electrons. The molecule has 4 aromatic rings. The molecule has 7 heteroatoms. The minimum Gasteiger partial charge on any atom is -0.312 e. The summed E-state index contributed by atoms with van der Waals surface area (Å²) in [5, 5.41) is 5.79. The minimum atomic E-state index is -0.00709. The third-order valence-corrected chi connectivity index (χ3v) is 5.33. The van der Waals surface area contributed by atoms with Crippen molar-refractivity contribution in [2.75, 3.05) is 0 Å². The van der Waals surface area contributed by atoms with Crippen LogP contribution in [-0.2, 0) is 0 Å². The van der Waals surface area contributed by atoms with Crippen LogP contribution in [0.25, 0.3) is 28.1 Å². The molecule has 6 nitrogen and oxygen atoms in total. The monoisotopic (exact) mass is 365 g/mol. The van der Waals surface area contributed by atoms with E-state index in [1.165, 1.54) is 12.8 Å². The molecular formula is C19H16ClN5O. The molecule has 0 radical (unpaired) electrons. The highest BCUT2D eigenvalue weighted by Gasteiger charge is 2.19. The Morgan fingerprint density at radius 1 is 1.08 bits per heavy atom. The van der Waals surface area contributed by atoms with E-state index in [4.69, 9.17) is 11.6 Å². The van der Waals surface area contributed by atoms with Crippen molar-refractivity contribution in [3.05, 3.63) is 58.1 Å². The van der Waals surface area contributed by atoms with E-state index < -0.39 is 0 Å². The number of aromatic nitrogens is 5. The third kappa shape index (κ3) is 2.41. The lowest BCUT2D eigenvalue weighted by Crippen LogP contribution is -2.23. The van der Waals surface area contributed by atoms with E-state index in [9.17, 15) is 4.79 Å². The Kier molecular flexibility index (Phi) is 3.53. The third-order valence-electron chi connectivity index (χ3n) is 5.08. The average molecular weight is 366 g/mol. The molecular weight excluding hydrogens is 350 g/mol. The zero-order valence-corrected chi connectivity index (χ0v) is 14.7. The predicted molar refractivity (Wildman–Crippen MR) is 100 cm³/mol. The van der Waals surface area contributed by atoms with Gasteiger partial charge in [-0.1, -0.05) is 24.4 Å². The van der Waals surface area contributed by atoms with Crippen molar-refractivity contribution in [1.82, 2.24) is 24.1 Å². The molecule has 0 saturated heterocycles. The molecule has 1 fully saturated rings. The van der Waals surface area contributed by atoms with Crippen LogP contribution in [0.1, 0.15) is 31.7 Å². The van der Waals surface area contributed by atoms with Gasteiger partial charge in [0.15, 0.2) is 5.82 Å². The van der Waals surface area contributed by atoms with Crippen molar-refractivity contribution < 1.29 is 0 Å². The molecule has 1 aliphatic rings. The quantitative estimate of drug-likeness (QED) is 0.540. The standard InChI is InChI=1S/C19H16ClN5O/c20-13-7-5-12(6-8-13)17-22-19-21-11-15-16(25(19)23-17)9-10-24(18(15)26)14-3-1-2-4-14/h5-11,14H,1-4H2. The van der Waals surface area contributed by atoms with Gasteiger partial charge in [0, 0.05) is 29.0 Å². The number of benzene rings is 1. The molecule has 1 saturated carbocycles. The summed E-state index contributed by atoms with van der Waals surface area (Å²) in [6.07, 6.45) is 7.97. The van der Waals surface area contributed by atoms with Gasteiger partial charge in [0.1, 0.15) is 0 Å². The molecule has 5 rings (SSSR count). The second-order valence-corrected chi connectivity index (χ2v) is 7.11. The van der Waals surface area contributed by atoms with Crippen molar-refractivity contribution >= 4 is 28.3 Å². The minimum absolute atomic E-state index is 0.00709. The van der Waals surface area contributed by atoms with Crippen LogP contribution >= 0.6 is 11.6 Å². The average Bonchev–Trinajstić information content (AvgIpc) is 3.32. The van der Waals surface area contributed by atoms with Crippen LogP contribution in [0.2, 0.25) is 5.02 Å². The van der Waals surface area contributed by atoms with E-state index in [-0.39, 0.29) is 5.56 Å². The maximum atomic E-state index is 12.9. The summed E-state index contributed by atoms with van der Waals surface area (Å²) in [7, 11) is 0. The maximum absolute atomic E-state index is 12.9. The summed E-state index contributed by atoms with van der Waals surface area (Å²) < 4.78 is 3.49. The number of hydrogen-bond donors (Lipinski definition) is 0. The van der Waals surface area contributed by atoms with Crippen LogP contribution in [0.5, 0.6) is 0 Å². The molecule has 3 heterocycles. The number of halogens is 1. The van der Waals surface area contributed by atoms with Gasteiger partial charge in [0.25, 0.3) is 11.3 Å². The molecule has 1 aromatic carbocycles. The molecule has 26 heavy (non-hydrogen) atoms. The fraction of sp³-hybridized carbons (Fsp3) is 0.263. The van der Waals surface area contributed by atoms with Crippen LogP contribution in [0.4, 0.5) is 0 Å². The van der Waals surface area contributed by atoms with E-state index in [2.05, 4.69) is 15.1 Å². The Balaban J connectivity index is 1.68. The van der Waals surface area contributed by atoms with E-state index in [0.29, 0.717) is 28.1 Å². The Bertz CT molecular complexity index is 1170. The van der Waals surface area contributed by atoms with Crippen LogP contribution in [-0.4, -0.2) is 24.1 Å². The van der Waals surface area contributed by atoms with Gasteiger partial charge in [-0.15, -0.1) is 5.10 Å². The van der Waals surface area contributed by atoms with Crippen LogP contribution in [0, 0.1) is 0 Å². The Labute approximate surface area is 154 Å².